The van der Waals surface area contributed by atoms with Crippen LogP contribution in [0.15, 0.2) is 60.8 Å². The molecule has 0 aromatic carbocycles. The van der Waals surface area contributed by atoms with E-state index in [1.807, 2.05) is 0 Å². The number of hydrogen-bond acceptors (Lipinski definition) is 10. The lowest BCUT2D eigenvalue weighted by molar-refractivity contribution is -0.161. The number of hydrogen-bond donors (Lipinski definition) is 2. The van der Waals surface area contributed by atoms with Crippen LogP contribution in [-0.2, 0) is 42.2 Å². The Morgan fingerprint density at radius 3 is 1.14 bits per heavy atom. The van der Waals surface area contributed by atoms with Gasteiger partial charge in [0.25, 0.3) is 0 Å². The van der Waals surface area contributed by atoms with Crippen LogP contribution in [-0.4, -0.2) is 66.5 Å². The van der Waals surface area contributed by atoms with E-state index in [0.29, 0.717) is 19.3 Å². The van der Waals surface area contributed by atoms with E-state index >= 15 is 0 Å². The molecule has 0 saturated heterocycles. The van der Waals surface area contributed by atoms with Gasteiger partial charge in [-0.15, -0.1) is 0 Å². The van der Waals surface area contributed by atoms with E-state index in [1.54, 1.807) is 0 Å². The summed E-state index contributed by atoms with van der Waals surface area (Å²) in [6.07, 6.45) is 59.0. The molecule has 72 heavy (non-hydrogen) atoms. The van der Waals surface area contributed by atoms with Crippen molar-refractivity contribution in [1.29, 1.82) is 0 Å². The fourth-order valence-corrected chi connectivity index (χ4v) is 8.77. The molecular weight excluding hydrogens is 928 g/mol. The maximum absolute atomic E-state index is 12.9. The second-order valence-electron chi connectivity index (χ2n) is 19.4. The minimum Gasteiger partial charge on any atom is -0.462 e. The molecule has 0 bridgehead atoms. The Hall–Kier alpha value is -2.82. The summed E-state index contributed by atoms with van der Waals surface area (Å²) >= 11 is 0. The van der Waals surface area contributed by atoms with E-state index < -0.39 is 57.8 Å². The Bertz CT molecular complexity index is 1440. The molecule has 418 valence electrons. The van der Waals surface area contributed by atoms with Crippen molar-refractivity contribution in [2.75, 3.05) is 26.4 Å². The molecule has 0 saturated carbocycles. The third kappa shape index (κ3) is 52.1. The van der Waals surface area contributed by atoms with E-state index in [1.165, 1.54) is 96.3 Å². The SMILES string of the molecule is CC/C=C\C/C=C\C/C=C\CCCCCCCCCC(=O)OC(COC(=O)CCCCCCCCCCC/C=C\C/C=C\CCCCC)COP(=O)(O)OCC(CO)OC(=O)CCCCCCCCCCC. The Labute approximate surface area is 440 Å². The van der Waals surface area contributed by atoms with Crippen LogP contribution in [0.3, 0.4) is 0 Å². The number of ether oxygens (including phenoxy) is 3. The monoisotopic (exact) mass is 1030 g/mol. The van der Waals surface area contributed by atoms with Gasteiger partial charge in [0, 0.05) is 19.3 Å². The zero-order chi connectivity index (χ0) is 52.7. The van der Waals surface area contributed by atoms with Crippen molar-refractivity contribution in [3.63, 3.8) is 0 Å². The molecule has 0 fully saturated rings. The van der Waals surface area contributed by atoms with Crippen LogP contribution in [0.1, 0.15) is 265 Å². The highest BCUT2D eigenvalue weighted by Crippen LogP contribution is 2.43. The Morgan fingerprint density at radius 1 is 0.403 bits per heavy atom. The first kappa shape index (κ1) is 69.2. The second-order valence-corrected chi connectivity index (χ2v) is 20.9. The molecule has 0 heterocycles. The minimum atomic E-state index is -4.74. The summed E-state index contributed by atoms with van der Waals surface area (Å²) in [6, 6.07) is 0. The average molecular weight is 1040 g/mol. The molecule has 0 aromatic rings. The number of carbonyl (C=O) groups is 3. The second kappa shape index (κ2) is 54.4. The molecule has 12 heteroatoms. The summed E-state index contributed by atoms with van der Waals surface area (Å²) < 4.78 is 39.5. The fraction of sp³-hybridized carbons (Fsp3) is 0.783. The summed E-state index contributed by atoms with van der Waals surface area (Å²) in [5.74, 6) is -1.47. The molecule has 0 rings (SSSR count). The highest BCUT2D eigenvalue weighted by atomic mass is 31.2. The molecule has 0 amide bonds. The summed E-state index contributed by atoms with van der Waals surface area (Å²) in [7, 11) is -4.74. The molecule has 0 aliphatic heterocycles. The van der Waals surface area contributed by atoms with Crippen molar-refractivity contribution in [3.8, 4) is 0 Å². The van der Waals surface area contributed by atoms with E-state index in [0.717, 1.165) is 109 Å². The van der Waals surface area contributed by atoms with Crippen molar-refractivity contribution in [3.05, 3.63) is 60.8 Å². The van der Waals surface area contributed by atoms with E-state index in [2.05, 4.69) is 81.5 Å². The summed E-state index contributed by atoms with van der Waals surface area (Å²) in [6.45, 7) is 4.49. The van der Waals surface area contributed by atoms with Gasteiger partial charge in [-0.05, 0) is 83.5 Å². The number of phosphoric ester groups is 1. The van der Waals surface area contributed by atoms with Gasteiger partial charge in [0.15, 0.2) is 6.10 Å². The first-order valence-electron chi connectivity index (χ1n) is 29.2. The molecule has 2 N–H and O–H groups in total. The molecule has 0 aromatic heterocycles. The third-order valence-electron chi connectivity index (χ3n) is 12.4. The van der Waals surface area contributed by atoms with Crippen molar-refractivity contribution in [2.45, 2.75) is 277 Å². The van der Waals surface area contributed by atoms with E-state index in [4.69, 9.17) is 23.3 Å². The van der Waals surface area contributed by atoms with Crippen molar-refractivity contribution in [2.24, 2.45) is 0 Å². The zero-order valence-electron chi connectivity index (χ0n) is 46.1. The first-order valence-corrected chi connectivity index (χ1v) is 30.7. The summed E-state index contributed by atoms with van der Waals surface area (Å²) in [5, 5.41) is 9.77. The lowest BCUT2D eigenvalue weighted by atomic mass is 10.1. The van der Waals surface area contributed by atoms with Crippen LogP contribution in [0.2, 0.25) is 0 Å². The van der Waals surface area contributed by atoms with Gasteiger partial charge < -0.3 is 24.2 Å². The highest BCUT2D eigenvalue weighted by molar-refractivity contribution is 7.47. The maximum Gasteiger partial charge on any atom is 0.472 e. The first-order chi connectivity index (χ1) is 35.2. The molecule has 0 aliphatic rings. The third-order valence-corrected chi connectivity index (χ3v) is 13.4. The van der Waals surface area contributed by atoms with Crippen molar-refractivity contribution < 1.29 is 52.2 Å². The number of phosphoric acid groups is 1. The smallest absolute Gasteiger partial charge is 0.462 e. The molecule has 0 aliphatic carbocycles. The average Bonchev–Trinajstić information content (AvgIpc) is 3.37. The zero-order valence-corrected chi connectivity index (χ0v) is 47.0. The molecule has 3 atom stereocenters. The minimum absolute atomic E-state index is 0.156. The van der Waals surface area contributed by atoms with Gasteiger partial charge in [-0.1, -0.05) is 223 Å². The largest absolute Gasteiger partial charge is 0.472 e. The summed E-state index contributed by atoms with van der Waals surface area (Å²) in [5.41, 5.74) is 0. The van der Waals surface area contributed by atoms with Crippen LogP contribution in [0.4, 0.5) is 0 Å². The number of unbranched alkanes of at least 4 members (excludes halogenated alkanes) is 27. The lowest BCUT2D eigenvalue weighted by Gasteiger charge is -2.21. The normalized spacial score (nSPS) is 13.8. The Morgan fingerprint density at radius 2 is 0.722 bits per heavy atom. The van der Waals surface area contributed by atoms with Gasteiger partial charge in [-0.2, -0.15) is 0 Å². The number of aliphatic hydroxyl groups excluding tert-OH is 1. The van der Waals surface area contributed by atoms with E-state index in [-0.39, 0.29) is 25.9 Å². The van der Waals surface area contributed by atoms with Gasteiger partial charge in [-0.25, -0.2) is 4.57 Å². The Balaban J connectivity index is 4.71. The van der Waals surface area contributed by atoms with Crippen LogP contribution >= 0.6 is 7.82 Å². The number of carbonyl (C=O) groups excluding carboxylic acids is 3. The predicted octanol–water partition coefficient (Wildman–Crippen LogP) is 17.1. The molecular formula is C60H107O11P. The van der Waals surface area contributed by atoms with Crippen molar-refractivity contribution in [1.82, 2.24) is 0 Å². The van der Waals surface area contributed by atoms with Gasteiger partial charge in [0.2, 0.25) is 0 Å². The summed E-state index contributed by atoms with van der Waals surface area (Å²) in [4.78, 5) is 48.5. The maximum atomic E-state index is 12.9. The van der Waals surface area contributed by atoms with Crippen LogP contribution in [0.25, 0.3) is 0 Å². The van der Waals surface area contributed by atoms with Gasteiger partial charge in [-0.3, -0.25) is 23.4 Å². The van der Waals surface area contributed by atoms with Gasteiger partial charge in [0.1, 0.15) is 12.7 Å². The topological polar surface area (TPSA) is 155 Å². The van der Waals surface area contributed by atoms with Gasteiger partial charge >= 0.3 is 25.7 Å². The van der Waals surface area contributed by atoms with Gasteiger partial charge in [0.05, 0.1) is 19.8 Å². The molecule has 11 nitrogen and oxygen atoms in total. The number of rotatable bonds is 54. The molecule has 0 spiro atoms. The van der Waals surface area contributed by atoms with Crippen LogP contribution < -0.4 is 0 Å². The lowest BCUT2D eigenvalue weighted by Crippen LogP contribution is -2.30. The number of allylic oxidation sites excluding steroid dienone is 10. The van der Waals surface area contributed by atoms with Crippen LogP contribution in [0, 0.1) is 0 Å². The molecule has 0 radical (unpaired) electrons. The number of esters is 3. The fourth-order valence-electron chi connectivity index (χ4n) is 7.99. The predicted molar refractivity (Wildman–Crippen MR) is 298 cm³/mol. The number of aliphatic hydroxyl groups is 1. The quantitative estimate of drug-likeness (QED) is 0.0197. The molecule has 3 unspecified atom stereocenters. The van der Waals surface area contributed by atoms with E-state index in [9.17, 15) is 28.9 Å². The Kier molecular flexibility index (Phi) is 52.3. The highest BCUT2D eigenvalue weighted by Gasteiger charge is 2.28. The van der Waals surface area contributed by atoms with Crippen molar-refractivity contribution >= 4 is 25.7 Å². The standard InChI is InChI=1S/C60H107O11P/c1-4-7-10-13-16-19-21-23-25-27-28-30-31-33-35-38-40-43-46-49-58(62)67-53-57(71-60(64)51-48-45-42-39-36-34-32-29-26-24-22-20-17-14-11-8-5-2)55-69-72(65,66)68-54-56(52-61)70-59(63)50-47-44-41-37-18-15-12-9-6-3/h8,11,16-17,19-20,23-26,56-57,61H,4-7,9-10,12-15,18,21-22,27-55H2,1-3H3,(H,65,66)/b11-8-,19-16-,20-17-,25-23-,26-24-. The van der Waals surface area contributed by atoms with Crippen LogP contribution in [0.5, 0.6) is 0 Å².